The van der Waals surface area contributed by atoms with Gasteiger partial charge in [0.25, 0.3) is 0 Å². The normalized spacial score (nSPS) is 11.6. The average molecular weight is 498 g/mol. The summed E-state index contributed by atoms with van der Waals surface area (Å²) < 4.78 is 2.24. The highest BCUT2D eigenvalue weighted by molar-refractivity contribution is 6.09. The fourth-order valence-corrected chi connectivity index (χ4v) is 5.62. The molecule has 0 radical (unpaired) electrons. The maximum atomic E-state index is 5.01. The van der Waals surface area contributed by atoms with Gasteiger partial charge in [0, 0.05) is 27.4 Å². The topological polar surface area (TPSA) is 30.7 Å². The van der Waals surface area contributed by atoms with Gasteiger partial charge in [0.05, 0.1) is 22.1 Å². The molecule has 0 fully saturated rings. The Labute approximate surface area is 225 Å². The van der Waals surface area contributed by atoms with Crippen molar-refractivity contribution < 1.29 is 0 Å². The number of aromatic nitrogens is 3. The average Bonchev–Trinajstić information content (AvgIpc) is 3.40. The summed E-state index contributed by atoms with van der Waals surface area (Å²) >= 11 is 0. The van der Waals surface area contributed by atoms with Crippen LogP contribution in [0.15, 0.2) is 140 Å². The summed E-state index contributed by atoms with van der Waals surface area (Å²) in [5.74, 6) is 0.942. The molecule has 3 heteroatoms. The molecule has 0 amide bonds. The molecule has 0 bridgehead atoms. The minimum Gasteiger partial charge on any atom is -0.292 e. The summed E-state index contributed by atoms with van der Waals surface area (Å²) in [4.78, 5) is 10.0. The van der Waals surface area contributed by atoms with Crippen LogP contribution in [0.3, 0.4) is 0 Å². The van der Waals surface area contributed by atoms with Crippen LogP contribution in [0, 0.1) is 0 Å². The fraction of sp³-hybridized carbons (Fsp3) is 0. The van der Waals surface area contributed by atoms with Gasteiger partial charge >= 0.3 is 0 Å². The lowest BCUT2D eigenvalue weighted by Gasteiger charge is -2.11. The van der Waals surface area contributed by atoms with Crippen LogP contribution >= 0.6 is 0 Å². The Balaban J connectivity index is 1.21. The molecule has 2 heterocycles. The van der Waals surface area contributed by atoms with Crippen LogP contribution in [0.1, 0.15) is 0 Å². The summed E-state index contributed by atoms with van der Waals surface area (Å²) in [7, 11) is 0. The van der Waals surface area contributed by atoms with Gasteiger partial charge in [-0.15, -0.1) is 0 Å². The monoisotopic (exact) mass is 497 g/mol. The lowest BCUT2D eigenvalue weighted by Crippen LogP contribution is -1.97. The van der Waals surface area contributed by atoms with Crippen LogP contribution in [0.4, 0.5) is 0 Å². The van der Waals surface area contributed by atoms with E-state index in [-0.39, 0.29) is 0 Å². The summed E-state index contributed by atoms with van der Waals surface area (Å²) in [6.07, 6.45) is 0. The molecule has 8 rings (SSSR count). The third-order valence-corrected chi connectivity index (χ3v) is 7.55. The Morgan fingerprint density at radius 1 is 0.436 bits per heavy atom. The van der Waals surface area contributed by atoms with Crippen molar-refractivity contribution in [2.75, 3.05) is 0 Å². The smallest absolute Gasteiger partial charge is 0.145 e. The number of nitrogens with zero attached hydrogens (tertiary/aromatic N) is 3. The van der Waals surface area contributed by atoms with Gasteiger partial charge < -0.3 is 0 Å². The van der Waals surface area contributed by atoms with E-state index in [1.807, 2.05) is 18.2 Å². The molecule has 3 nitrogen and oxygen atoms in total. The van der Waals surface area contributed by atoms with Gasteiger partial charge in [-0.25, -0.2) is 9.97 Å². The predicted molar refractivity (Wildman–Crippen MR) is 162 cm³/mol. The minimum atomic E-state index is 0.942. The third kappa shape index (κ3) is 3.59. The molecule has 0 aliphatic carbocycles. The molecule has 0 unspecified atom stereocenters. The Kier molecular flexibility index (Phi) is 4.82. The number of pyridine rings is 1. The molecule has 8 aromatic rings. The molecule has 182 valence electrons. The van der Waals surface area contributed by atoms with E-state index in [4.69, 9.17) is 9.97 Å². The van der Waals surface area contributed by atoms with E-state index in [2.05, 4.69) is 126 Å². The van der Waals surface area contributed by atoms with Gasteiger partial charge in [0.15, 0.2) is 0 Å². The third-order valence-electron chi connectivity index (χ3n) is 7.55. The molecule has 0 saturated carbocycles. The first kappa shape index (κ1) is 21.8. The van der Waals surface area contributed by atoms with Crippen LogP contribution in [0.5, 0.6) is 0 Å². The van der Waals surface area contributed by atoms with Crippen LogP contribution in [0.2, 0.25) is 0 Å². The Morgan fingerprint density at radius 3 is 2.00 bits per heavy atom. The van der Waals surface area contributed by atoms with E-state index in [0.29, 0.717) is 0 Å². The van der Waals surface area contributed by atoms with Gasteiger partial charge in [0.1, 0.15) is 5.82 Å². The molecular formula is C36H23N3. The highest BCUT2D eigenvalue weighted by atomic mass is 15.1. The van der Waals surface area contributed by atoms with Gasteiger partial charge in [0.2, 0.25) is 0 Å². The lowest BCUT2D eigenvalue weighted by molar-refractivity contribution is 1.10. The van der Waals surface area contributed by atoms with Crippen molar-refractivity contribution in [2.45, 2.75) is 0 Å². The lowest BCUT2D eigenvalue weighted by atomic mass is 9.98. The van der Waals surface area contributed by atoms with E-state index >= 15 is 0 Å². The highest BCUT2D eigenvalue weighted by Gasteiger charge is 2.14. The molecule has 0 spiro atoms. The first-order chi connectivity index (χ1) is 19.3. The van der Waals surface area contributed by atoms with Crippen molar-refractivity contribution in [3.05, 3.63) is 140 Å². The van der Waals surface area contributed by atoms with Crippen LogP contribution < -0.4 is 0 Å². The molecule has 6 aromatic carbocycles. The Bertz CT molecular complexity index is 2160. The predicted octanol–water partition coefficient (Wildman–Crippen LogP) is 9.21. The SMILES string of the molecule is c1ccc(-n2c(-c3ccc(-c4ccc5c(ccc6cc7ccccc7nc65)c4)cc3)nc3ccccc32)cc1. The largest absolute Gasteiger partial charge is 0.292 e. The number of benzene rings is 6. The van der Waals surface area contributed by atoms with Crippen molar-refractivity contribution in [3.8, 4) is 28.2 Å². The van der Waals surface area contributed by atoms with Gasteiger partial charge in [-0.1, -0.05) is 97.1 Å². The summed E-state index contributed by atoms with van der Waals surface area (Å²) in [6, 6.07) is 49.1. The molecule has 0 saturated heterocycles. The van der Waals surface area contributed by atoms with Crippen molar-refractivity contribution in [3.63, 3.8) is 0 Å². The standard InChI is InChI=1S/C36H23N3/c1-2-9-30(10-3-1)39-34-13-7-6-12-33(34)38-36(39)25-16-14-24(15-17-25)26-20-21-31-27(22-26)18-19-29-23-28-8-4-5-11-32(28)37-35(29)31/h1-23H. The maximum Gasteiger partial charge on any atom is 0.145 e. The fourth-order valence-electron chi connectivity index (χ4n) is 5.62. The van der Waals surface area contributed by atoms with E-state index in [1.165, 1.54) is 32.7 Å². The molecule has 0 aliphatic rings. The van der Waals surface area contributed by atoms with E-state index < -0.39 is 0 Å². The summed E-state index contributed by atoms with van der Waals surface area (Å²) in [6.45, 7) is 0. The molecular weight excluding hydrogens is 474 g/mol. The first-order valence-corrected chi connectivity index (χ1v) is 13.2. The zero-order valence-corrected chi connectivity index (χ0v) is 21.1. The van der Waals surface area contributed by atoms with Gasteiger partial charge in [-0.3, -0.25) is 4.57 Å². The van der Waals surface area contributed by atoms with Crippen molar-refractivity contribution in [1.82, 2.24) is 14.5 Å². The maximum absolute atomic E-state index is 5.01. The molecule has 2 aromatic heterocycles. The highest BCUT2D eigenvalue weighted by Crippen LogP contribution is 2.33. The van der Waals surface area contributed by atoms with E-state index in [0.717, 1.165) is 39.1 Å². The summed E-state index contributed by atoms with van der Waals surface area (Å²) in [5, 5.41) is 4.70. The number of hydrogen-bond acceptors (Lipinski definition) is 2. The minimum absolute atomic E-state index is 0.942. The van der Waals surface area contributed by atoms with Crippen molar-refractivity contribution in [1.29, 1.82) is 0 Å². The number of para-hydroxylation sites is 4. The van der Waals surface area contributed by atoms with Crippen LogP contribution in [-0.2, 0) is 0 Å². The van der Waals surface area contributed by atoms with Gasteiger partial charge in [-0.2, -0.15) is 0 Å². The molecule has 0 aliphatic heterocycles. The van der Waals surface area contributed by atoms with Crippen LogP contribution in [-0.4, -0.2) is 14.5 Å². The first-order valence-electron chi connectivity index (χ1n) is 13.2. The van der Waals surface area contributed by atoms with Crippen LogP contribution in [0.25, 0.3) is 71.8 Å². The second kappa shape index (κ2) is 8.64. The molecule has 0 atom stereocenters. The van der Waals surface area contributed by atoms with E-state index in [1.54, 1.807) is 0 Å². The van der Waals surface area contributed by atoms with Crippen molar-refractivity contribution >= 4 is 43.6 Å². The molecule has 0 N–H and O–H groups in total. The second-order valence-corrected chi connectivity index (χ2v) is 9.93. The van der Waals surface area contributed by atoms with Gasteiger partial charge in [-0.05, 0) is 59.0 Å². The number of rotatable bonds is 3. The molecule has 39 heavy (non-hydrogen) atoms. The van der Waals surface area contributed by atoms with Crippen molar-refractivity contribution in [2.24, 2.45) is 0 Å². The number of hydrogen-bond donors (Lipinski definition) is 0. The zero-order valence-electron chi connectivity index (χ0n) is 21.1. The summed E-state index contributed by atoms with van der Waals surface area (Å²) in [5.41, 5.74) is 8.72. The van der Waals surface area contributed by atoms with E-state index in [9.17, 15) is 0 Å². The zero-order chi connectivity index (χ0) is 25.8. The number of fused-ring (bicyclic) bond motifs is 5. The Morgan fingerprint density at radius 2 is 1.13 bits per heavy atom. The number of imidazole rings is 1. The Hall–Kier alpha value is -5.28. The second-order valence-electron chi connectivity index (χ2n) is 9.93. The quantitative estimate of drug-likeness (QED) is 0.180.